The summed E-state index contributed by atoms with van der Waals surface area (Å²) in [6.07, 6.45) is 1.56. The van der Waals surface area contributed by atoms with Crippen LogP contribution in [0.1, 0.15) is 6.92 Å². The molecule has 0 bridgehead atoms. The predicted octanol–water partition coefficient (Wildman–Crippen LogP) is 4.80. The van der Waals surface area contributed by atoms with Crippen molar-refractivity contribution in [1.82, 2.24) is 19.7 Å². The number of halogens is 2. The van der Waals surface area contributed by atoms with Crippen LogP contribution in [0.3, 0.4) is 0 Å². The van der Waals surface area contributed by atoms with Gasteiger partial charge < -0.3 is 10.1 Å². The molecule has 164 valence electrons. The molecule has 4 rings (SSSR count). The minimum atomic E-state index is -0.953. The van der Waals surface area contributed by atoms with Crippen molar-refractivity contribution in [2.45, 2.75) is 17.3 Å². The highest BCUT2D eigenvalue weighted by molar-refractivity contribution is 8.00. The molecule has 0 saturated heterocycles. The number of carbonyl (C=O) groups is 1. The fraction of sp³-hybridized carbons (Fsp3) is 0.143. The van der Waals surface area contributed by atoms with E-state index in [0.717, 1.165) is 17.8 Å². The van der Waals surface area contributed by atoms with Crippen molar-refractivity contribution >= 4 is 34.1 Å². The molecule has 0 aliphatic carbocycles. The number of nitrogens with zero attached hydrogens (tertiary/aromatic N) is 4. The summed E-state index contributed by atoms with van der Waals surface area (Å²) in [5.41, 5.74) is 1.62. The summed E-state index contributed by atoms with van der Waals surface area (Å²) in [5, 5.41) is 12.9. The second-order valence-corrected chi connectivity index (χ2v) is 8.74. The van der Waals surface area contributed by atoms with E-state index in [2.05, 4.69) is 20.5 Å². The van der Waals surface area contributed by atoms with Crippen molar-refractivity contribution in [3.8, 4) is 22.7 Å². The number of hydrogen-bond donors (Lipinski definition) is 1. The molecule has 0 aliphatic rings. The highest BCUT2D eigenvalue weighted by Crippen LogP contribution is 2.30. The summed E-state index contributed by atoms with van der Waals surface area (Å²) in [7, 11) is 1.58. The lowest BCUT2D eigenvalue weighted by molar-refractivity contribution is -0.115. The number of methoxy groups -OCH3 is 1. The lowest BCUT2D eigenvalue weighted by atomic mass is 10.2. The topological polar surface area (TPSA) is 81.9 Å². The van der Waals surface area contributed by atoms with Gasteiger partial charge in [0.15, 0.2) is 21.9 Å². The number of ether oxygens (including phenoxy) is 1. The fourth-order valence-electron chi connectivity index (χ4n) is 2.84. The molecule has 4 aromatic rings. The van der Waals surface area contributed by atoms with E-state index in [1.807, 2.05) is 24.3 Å². The van der Waals surface area contributed by atoms with Gasteiger partial charge in [-0.2, -0.15) is 0 Å². The Labute approximate surface area is 190 Å². The normalized spacial score (nSPS) is 11.9. The Morgan fingerprint density at radius 1 is 1.22 bits per heavy atom. The van der Waals surface area contributed by atoms with Gasteiger partial charge in [-0.15, -0.1) is 21.5 Å². The summed E-state index contributed by atoms with van der Waals surface area (Å²) in [5.74, 6) is -1.51. The number of thioether (sulfide) groups is 1. The van der Waals surface area contributed by atoms with Gasteiger partial charge in [-0.05, 0) is 37.3 Å². The van der Waals surface area contributed by atoms with E-state index in [1.54, 1.807) is 30.3 Å². The Morgan fingerprint density at radius 3 is 2.81 bits per heavy atom. The van der Waals surface area contributed by atoms with Gasteiger partial charge in [-0.25, -0.2) is 13.8 Å². The highest BCUT2D eigenvalue weighted by atomic mass is 32.2. The van der Waals surface area contributed by atoms with Crippen molar-refractivity contribution in [3.63, 3.8) is 0 Å². The molecule has 1 atom stereocenters. The summed E-state index contributed by atoms with van der Waals surface area (Å²) >= 11 is 2.43. The Hall–Kier alpha value is -3.31. The van der Waals surface area contributed by atoms with Crippen LogP contribution in [0.15, 0.2) is 59.3 Å². The first-order valence-electron chi connectivity index (χ1n) is 9.38. The van der Waals surface area contributed by atoms with Crippen molar-refractivity contribution in [2.24, 2.45) is 0 Å². The summed E-state index contributed by atoms with van der Waals surface area (Å²) in [6, 6.07) is 11.0. The zero-order valence-corrected chi connectivity index (χ0v) is 18.6. The van der Waals surface area contributed by atoms with Gasteiger partial charge in [0.05, 0.1) is 23.7 Å². The maximum atomic E-state index is 13.5. The third-order valence-corrected chi connectivity index (χ3v) is 6.28. The number of nitrogens with one attached hydrogen (secondary N) is 1. The minimum absolute atomic E-state index is 0.282. The standard InChI is InChI=1S/C21H17F2N5O2S2/c1-12(32-21-27-24-11-28(21)17-5-3-4-6-18(17)30-2)19(29)26-20-25-16(10-31-20)13-7-8-14(22)15(23)9-13/h3-12H,1-2H3,(H,25,26,29)/t12-/m1/s1. The molecule has 32 heavy (non-hydrogen) atoms. The van der Waals surface area contributed by atoms with Crippen LogP contribution in [0.2, 0.25) is 0 Å². The molecular formula is C21H17F2N5O2S2. The molecule has 0 saturated carbocycles. The van der Waals surface area contributed by atoms with E-state index in [-0.39, 0.29) is 5.91 Å². The van der Waals surface area contributed by atoms with E-state index in [4.69, 9.17) is 4.74 Å². The molecule has 7 nitrogen and oxygen atoms in total. The van der Waals surface area contributed by atoms with Crippen molar-refractivity contribution in [1.29, 1.82) is 0 Å². The van der Waals surface area contributed by atoms with Crippen LogP contribution >= 0.6 is 23.1 Å². The molecule has 2 aromatic carbocycles. The number of rotatable bonds is 7. The molecular weight excluding hydrogens is 456 g/mol. The Kier molecular flexibility index (Phi) is 6.47. The molecule has 0 radical (unpaired) electrons. The molecule has 1 amide bonds. The van der Waals surface area contributed by atoms with Crippen LogP contribution in [-0.4, -0.2) is 38.0 Å². The molecule has 2 aromatic heterocycles. The zero-order chi connectivity index (χ0) is 22.7. The van der Waals surface area contributed by atoms with Crippen LogP contribution in [0.4, 0.5) is 13.9 Å². The van der Waals surface area contributed by atoms with Crippen molar-refractivity contribution < 1.29 is 18.3 Å². The van der Waals surface area contributed by atoms with Gasteiger partial charge in [-0.3, -0.25) is 9.36 Å². The SMILES string of the molecule is COc1ccccc1-n1cnnc1S[C@H](C)C(=O)Nc1nc(-c2ccc(F)c(F)c2)cs1. The number of amides is 1. The molecule has 0 fully saturated rings. The molecule has 0 unspecified atom stereocenters. The molecule has 2 heterocycles. The van der Waals surface area contributed by atoms with Crippen molar-refractivity contribution in [3.05, 3.63) is 65.8 Å². The maximum absolute atomic E-state index is 13.5. The first-order chi connectivity index (χ1) is 15.5. The van der Waals surface area contributed by atoms with Crippen LogP contribution in [0, 0.1) is 11.6 Å². The van der Waals surface area contributed by atoms with Gasteiger partial charge in [0, 0.05) is 10.9 Å². The number of para-hydroxylation sites is 2. The molecule has 11 heteroatoms. The Morgan fingerprint density at radius 2 is 2.03 bits per heavy atom. The first kappa shape index (κ1) is 21.9. The Bertz CT molecular complexity index is 1260. The summed E-state index contributed by atoms with van der Waals surface area (Å²) in [6.45, 7) is 1.74. The summed E-state index contributed by atoms with van der Waals surface area (Å²) < 4.78 is 33.8. The second-order valence-electron chi connectivity index (χ2n) is 6.57. The third-order valence-electron chi connectivity index (χ3n) is 4.46. The van der Waals surface area contributed by atoms with Crippen molar-refractivity contribution in [2.75, 3.05) is 12.4 Å². The number of benzene rings is 2. The van der Waals surface area contributed by atoms with Crippen LogP contribution in [0.25, 0.3) is 16.9 Å². The molecule has 0 spiro atoms. The molecule has 0 aliphatic heterocycles. The zero-order valence-electron chi connectivity index (χ0n) is 17.0. The quantitative estimate of drug-likeness (QED) is 0.389. The number of carbonyl (C=O) groups excluding carboxylic acids is 1. The lowest BCUT2D eigenvalue weighted by Crippen LogP contribution is -2.22. The Balaban J connectivity index is 1.45. The van der Waals surface area contributed by atoms with Gasteiger partial charge in [0.2, 0.25) is 5.91 Å². The smallest absolute Gasteiger partial charge is 0.239 e. The molecule has 1 N–H and O–H groups in total. The van der Waals surface area contributed by atoms with Crippen LogP contribution in [0.5, 0.6) is 5.75 Å². The van der Waals surface area contributed by atoms with Gasteiger partial charge in [0.1, 0.15) is 12.1 Å². The van der Waals surface area contributed by atoms with Gasteiger partial charge in [-0.1, -0.05) is 23.9 Å². The average Bonchev–Trinajstić information content (AvgIpc) is 3.45. The first-order valence-corrected chi connectivity index (χ1v) is 11.1. The monoisotopic (exact) mass is 473 g/mol. The second kappa shape index (κ2) is 9.45. The van der Waals surface area contributed by atoms with E-state index in [0.29, 0.717) is 27.3 Å². The fourth-order valence-corrected chi connectivity index (χ4v) is 4.39. The minimum Gasteiger partial charge on any atom is -0.495 e. The van der Waals surface area contributed by atoms with E-state index >= 15 is 0 Å². The summed E-state index contributed by atoms with van der Waals surface area (Å²) in [4.78, 5) is 17.0. The average molecular weight is 474 g/mol. The van der Waals surface area contributed by atoms with Crippen LogP contribution in [-0.2, 0) is 4.79 Å². The largest absolute Gasteiger partial charge is 0.495 e. The number of hydrogen-bond acceptors (Lipinski definition) is 7. The van der Waals surface area contributed by atoms with E-state index in [1.165, 1.54) is 29.2 Å². The van der Waals surface area contributed by atoms with E-state index in [9.17, 15) is 13.6 Å². The lowest BCUT2D eigenvalue weighted by Gasteiger charge is -2.13. The predicted molar refractivity (Wildman–Crippen MR) is 119 cm³/mol. The third kappa shape index (κ3) is 4.63. The van der Waals surface area contributed by atoms with Gasteiger partial charge >= 0.3 is 0 Å². The highest BCUT2D eigenvalue weighted by Gasteiger charge is 2.21. The number of anilines is 1. The van der Waals surface area contributed by atoms with E-state index < -0.39 is 16.9 Å². The van der Waals surface area contributed by atoms with Crippen LogP contribution < -0.4 is 10.1 Å². The maximum Gasteiger partial charge on any atom is 0.239 e. The van der Waals surface area contributed by atoms with Gasteiger partial charge in [0.25, 0.3) is 0 Å². The number of thiazole rings is 1. The number of aromatic nitrogens is 4.